The molecule has 0 aliphatic carbocycles. The minimum Gasteiger partial charge on any atom is -0.272 e. The third-order valence-electron chi connectivity index (χ3n) is 4.98. The maximum absolute atomic E-state index is 12.5. The van der Waals surface area contributed by atoms with E-state index in [1.54, 1.807) is 43.3 Å². The Morgan fingerprint density at radius 3 is 2.39 bits per heavy atom. The number of carbonyl (C=O) groups is 1. The van der Waals surface area contributed by atoms with E-state index in [9.17, 15) is 14.9 Å². The number of benzene rings is 3. The molecule has 1 N–H and O–H groups in total. The lowest BCUT2D eigenvalue weighted by Gasteiger charge is -2.10. The Kier molecular flexibility index (Phi) is 7.99. The van der Waals surface area contributed by atoms with Crippen LogP contribution in [0.2, 0.25) is 10.0 Å². The Balaban J connectivity index is 1.52. The van der Waals surface area contributed by atoms with Gasteiger partial charge in [0.25, 0.3) is 11.6 Å². The molecular formula is C24H18Cl2N6O3S. The smallest absolute Gasteiger partial charge is 0.270 e. The van der Waals surface area contributed by atoms with Gasteiger partial charge in [-0.2, -0.15) is 5.10 Å². The molecule has 0 aliphatic heterocycles. The Bertz CT molecular complexity index is 1440. The van der Waals surface area contributed by atoms with E-state index in [-0.39, 0.29) is 17.3 Å². The summed E-state index contributed by atoms with van der Waals surface area (Å²) in [6, 6.07) is 20.4. The van der Waals surface area contributed by atoms with Crippen LogP contribution in [-0.4, -0.2) is 37.1 Å². The summed E-state index contributed by atoms with van der Waals surface area (Å²) in [5, 5.41) is 25.4. The molecule has 36 heavy (non-hydrogen) atoms. The molecule has 0 atom stereocenters. The van der Waals surface area contributed by atoms with Crippen molar-refractivity contribution < 1.29 is 9.72 Å². The fourth-order valence-electron chi connectivity index (χ4n) is 3.19. The summed E-state index contributed by atoms with van der Waals surface area (Å²) in [6.07, 6.45) is 0. The van der Waals surface area contributed by atoms with Gasteiger partial charge in [0.2, 0.25) is 0 Å². The van der Waals surface area contributed by atoms with Gasteiger partial charge < -0.3 is 0 Å². The molecule has 0 radical (unpaired) electrons. The average Bonchev–Trinajstić information content (AvgIpc) is 3.31. The topological polar surface area (TPSA) is 115 Å². The van der Waals surface area contributed by atoms with E-state index in [0.29, 0.717) is 32.3 Å². The van der Waals surface area contributed by atoms with Crippen LogP contribution in [0.25, 0.3) is 17.1 Å². The zero-order chi connectivity index (χ0) is 25.7. The van der Waals surface area contributed by atoms with Crippen molar-refractivity contribution >= 4 is 52.3 Å². The number of hydrazone groups is 1. The first-order valence-electron chi connectivity index (χ1n) is 10.5. The molecule has 9 nitrogen and oxygen atoms in total. The van der Waals surface area contributed by atoms with Crippen LogP contribution < -0.4 is 5.43 Å². The highest BCUT2D eigenvalue weighted by atomic mass is 35.5. The average molecular weight is 541 g/mol. The van der Waals surface area contributed by atoms with Gasteiger partial charge in [-0.25, -0.2) is 5.43 Å². The summed E-state index contributed by atoms with van der Waals surface area (Å²) in [5.74, 6) is 0.220. The van der Waals surface area contributed by atoms with E-state index in [0.717, 1.165) is 11.3 Å². The van der Waals surface area contributed by atoms with Gasteiger partial charge in [-0.05, 0) is 55.5 Å². The second-order valence-electron chi connectivity index (χ2n) is 7.45. The quantitative estimate of drug-likeness (QED) is 0.131. The molecule has 4 rings (SSSR count). The molecule has 0 fully saturated rings. The highest BCUT2D eigenvalue weighted by Crippen LogP contribution is 2.29. The van der Waals surface area contributed by atoms with Crippen LogP contribution in [0, 0.1) is 10.1 Å². The van der Waals surface area contributed by atoms with Gasteiger partial charge >= 0.3 is 0 Å². The molecule has 0 aliphatic rings. The maximum atomic E-state index is 12.5. The number of carbonyl (C=O) groups excluding carboxylic acids is 1. The van der Waals surface area contributed by atoms with E-state index in [2.05, 4.69) is 20.7 Å². The third-order valence-corrected chi connectivity index (χ3v) is 6.41. The van der Waals surface area contributed by atoms with E-state index in [4.69, 9.17) is 23.2 Å². The molecular weight excluding hydrogens is 523 g/mol. The van der Waals surface area contributed by atoms with Crippen LogP contribution in [-0.2, 0) is 4.79 Å². The lowest BCUT2D eigenvalue weighted by molar-refractivity contribution is -0.384. The number of nitrogens with one attached hydrogen (secondary N) is 1. The number of rotatable bonds is 8. The molecule has 0 saturated heterocycles. The predicted octanol–water partition coefficient (Wildman–Crippen LogP) is 5.78. The molecule has 3 aromatic carbocycles. The summed E-state index contributed by atoms with van der Waals surface area (Å²) < 4.78 is 1.83. The number of thioether (sulfide) groups is 1. The Hall–Kier alpha value is -3.73. The van der Waals surface area contributed by atoms with E-state index >= 15 is 0 Å². The van der Waals surface area contributed by atoms with Gasteiger partial charge in [-0.3, -0.25) is 19.5 Å². The lowest BCUT2D eigenvalue weighted by atomic mass is 10.1. The second-order valence-corrected chi connectivity index (χ2v) is 9.27. The van der Waals surface area contributed by atoms with E-state index in [1.807, 2.05) is 28.8 Å². The van der Waals surface area contributed by atoms with Crippen molar-refractivity contribution in [1.82, 2.24) is 20.2 Å². The van der Waals surface area contributed by atoms with Gasteiger partial charge in [0, 0.05) is 39.0 Å². The Labute approximate surface area is 220 Å². The van der Waals surface area contributed by atoms with Crippen LogP contribution in [0.4, 0.5) is 5.69 Å². The van der Waals surface area contributed by atoms with Crippen molar-refractivity contribution in [2.75, 3.05) is 5.75 Å². The van der Waals surface area contributed by atoms with Gasteiger partial charge in [0.1, 0.15) is 0 Å². The highest BCUT2D eigenvalue weighted by Gasteiger charge is 2.17. The number of non-ortho nitro benzene ring substituents is 1. The number of hydrogen-bond acceptors (Lipinski definition) is 7. The number of nitro benzene ring substituents is 1. The standard InChI is InChI=1S/C24H18Cl2N6O3S/c1-15(17-3-2-4-21(13-17)32(34)35)27-28-22(33)14-36-24-30-29-23(16-5-7-18(25)8-6-16)31(24)20-11-9-19(26)10-12-20/h2-13H,14H2,1H3,(H,28,33). The largest absolute Gasteiger partial charge is 0.272 e. The third kappa shape index (κ3) is 6.09. The van der Waals surface area contributed by atoms with Crippen LogP contribution >= 0.6 is 35.0 Å². The summed E-state index contributed by atoms with van der Waals surface area (Å²) >= 11 is 13.3. The minimum atomic E-state index is -0.485. The van der Waals surface area contributed by atoms with E-state index < -0.39 is 4.92 Å². The van der Waals surface area contributed by atoms with Crippen LogP contribution in [0.15, 0.2) is 83.1 Å². The zero-order valence-corrected chi connectivity index (χ0v) is 21.1. The fourth-order valence-corrected chi connectivity index (χ4v) is 4.19. The summed E-state index contributed by atoms with van der Waals surface area (Å²) in [7, 11) is 0. The predicted molar refractivity (Wildman–Crippen MR) is 141 cm³/mol. The van der Waals surface area contributed by atoms with Crippen molar-refractivity contribution in [1.29, 1.82) is 0 Å². The second kappa shape index (κ2) is 11.3. The van der Waals surface area contributed by atoms with Gasteiger partial charge in [0.05, 0.1) is 16.4 Å². The first-order valence-corrected chi connectivity index (χ1v) is 12.2. The van der Waals surface area contributed by atoms with Gasteiger partial charge in [-0.1, -0.05) is 47.1 Å². The summed E-state index contributed by atoms with van der Waals surface area (Å²) in [6.45, 7) is 1.65. The summed E-state index contributed by atoms with van der Waals surface area (Å²) in [4.78, 5) is 23.0. The first kappa shape index (κ1) is 25.4. The molecule has 0 bridgehead atoms. The number of halogens is 2. The molecule has 182 valence electrons. The Morgan fingerprint density at radius 2 is 1.72 bits per heavy atom. The molecule has 12 heteroatoms. The molecule has 1 amide bonds. The maximum Gasteiger partial charge on any atom is 0.270 e. The van der Waals surface area contributed by atoms with Crippen molar-refractivity contribution in [2.24, 2.45) is 5.10 Å². The van der Waals surface area contributed by atoms with E-state index in [1.165, 1.54) is 23.9 Å². The van der Waals surface area contributed by atoms with Gasteiger partial charge in [-0.15, -0.1) is 10.2 Å². The molecule has 4 aromatic rings. The lowest BCUT2D eigenvalue weighted by Crippen LogP contribution is -2.21. The Morgan fingerprint density at radius 1 is 1.06 bits per heavy atom. The molecule has 0 saturated carbocycles. The van der Waals surface area contributed by atoms with Crippen molar-refractivity contribution in [3.63, 3.8) is 0 Å². The number of nitrogens with zero attached hydrogens (tertiary/aromatic N) is 5. The van der Waals surface area contributed by atoms with Crippen molar-refractivity contribution in [3.05, 3.63) is 98.5 Å². The highest BCUT2D eigenvalue weighted by molar-refractivity contribution is 7.99. The molecule has 0 unspecified atom stereocenters. The van der Waals surface area contributed by atoms with Crippen LogP contribution in [0.1, 0.15) is 12.5 Å². The number of nitro groups is 1. The van der Waals surface area contributed by atoms with Crippen LogP contribution in [0.5, 0.6) is 0 Å². The minimum absolute atomic E-state index is 0.0120. The molecule has 1 aromatic heterocycles. The van der Waals surface area contributed by atoms with Gasteiger partial charge in [0.15, 0.2) is 11.0 Å². The molecule has 0 spiro atoms. The number of amides is 1. The van der Waals surface area contributed by atoms with Crippen molar-refractivity contribution in [2.45, 2.75) is 12.1 Å². The first-order chi connectivity index (χ1) is 17.3. The normalized spacial score (nSPS) is 11.4. The fraction of sp³-hybridized carbons (Fsp3) is 0.0833. The zero-order valence-electron chi connectivity index (χ0n) is 18.8. The monoisotopic (exact) mass is 540 g/mol. The van der Waals surface area contributed by atoms with Crippen LogP contribution in [0.3, 0.4) is 0 Å². The summed E-state index contributed by atoms with van der Waals surface area (Å²) in [5.41, 5.74) is 4.97. The van der Waals surface area contributed by atoms with Crippen molar-refractivity contribution in [3.8, 4) is 17.1 Å². The number of hydrogen-bond donors (Lipinski definition) is 1. The molecule has 1 heterocycles. The number of aromatic nitrogens is 3. The SMILES string of the molecule is CC(=NNC(=O)CSc1nnc(-c2ccc(Cl)cc2)n1-c1ccc(Cl)cc1)c1cccc([N+](=O)[O-])c1.